The summed E-state index contributed by atoms with van der Waals surface area (Å²) in [7, 11) is -6.18. The molecule has 8 aromatic rings. The second-order valence-electron chi connectivity index (χ2n) is 10.9. The van der Waals surface area contributed by atoms with E-state index in [9.17, 15) is 16.4 Å². The summed E-state index contributed by atoms with van der Waals surface area (Å²) in [4.78, 5) is 13.3. The van der Waals surface area contributed by atoms with Crippen LogP contribution < -0.4 is 20.7 Å². The Balaban J connectivity index is 1.60. The van der Waals surface area contributed by atoms with Gasteiger partial charge in [0.05, 0.1) is 41.1 Å². The van der Waals surface area contributed by atoms with Crippen LogP contribution in [0.15, 0.2) is 181 Å². The van der Waals surface area contributed by atoms with Crippen LogP contribution in [0.3, 0.4) is 0 Å². The minimum atomic E-state index is -6.18. The van der Waals surface area contributed by atoms with E-state index in [0.29, 0.717) is 0 Å². The molecule has 0 spiro atoms. The predicted octanol–water partition coefficient (Wildman–Crippen LogP) is 7.72. The van der Waals surface area contributed by atoms with Crippen molar-refractivity contribution in [1.29, 1.82) is 0 Å². The number of hydrogen-bond acceptors (Lipinski definition) is 3. The maximum Gasteiger partial charge on any atom is 0.180 e. The molecule has 0 saturated carbocycles. The van der Waals surface area contributed by atoms with Gasteiger partial charge in [0.2, 0.25) is 0 Å². The fourth-order valence-electron chi connectivity index (χ4n) is 6.60. The Kier molecular flexibility index (Phi) is 2.67. The van der Waals surface area contributed by atoms with E-state index < -0.39 is 278 Å². The van der Waals surface area contributed by atoms with Crippen LogP contribution in [0.1, 0.15) is 63.7 Å². The molecule has 2 aliphatic rings. The highest BCUT2D eigenvalue weighted by atomic mass is 28.3. The van der Waals surface area contributed by atoms with Crippen LogP contribution in [0.2, 0.25) is 0 Å². The van der Waals surface area contributed by atoms with E-state index in [0.717, 1.165) is 0 Å². The SMILES string of the molecule is [2H]c1c([2H])c([2H])c(-c2nc(-c3c([2H])c([2H])c([2H])c([2H])c3[2H])nc(-c3c([2H])c([2H])c([2H])c4c3C3c5c([2H])c([2H])c([2H])c([2H])c5-c5c([2H])c([2H])c([2H])c(c53)[Si]4(c3c([2H])c([2H])c([2H])c([2H])c3[2H])c3c([2H])c([2H])c([2H])c([2H])c3[2H])n2)c([2H])c1[2H]. The number of rotatable bonds is 5. The normalized spacial score (nSPS) is 23.2. The van der Waals surface area contributed by atoms with Gasteiger partial charge in [-0.3, -0.25) is 0 Å². The summed E-state index contributed by atoms with van der Waals surface area (Å²) < 4.78 is 274. The quantitative estimate of drug-likeness (QED) is 0.175. The molecule has 0 N–H and O–H groups in total. The average molecular weight is 684 g/mol. The topological polar surface area (TPSA) is 38.7 Å². The zero-order valence-corrected chi connectivity index (χ0v) is 25.9. The van der Waals surface area contributed by atoms with Crippen LogP contribution in [0, 0.1) is 0 Å². The summed E-state index contributed by atoms with van der Waals surface area (Å²) in [6.07, 6.45) is 0. The zero-order chi connectivity index (χ0) is 59.2. The third-order valence-corrected chi connectivity index (χ3v) is 12.8. The molecule has 4 heteroatoms. The van der Waals surface area contributed by atoms with Crippen LogP contribution >= 0.6 is 0 Å². The van der Waals surface area contributed by atoms with Gasteiger partial charge in [-0.1, -0.05) is 181 Å². The molecule has 10 rings (SSSR count). The number of benzene rings is 7. The molecular formula is C46H31N3Si. The summed E-state index contributed by atoms with van der Waals surface area (Å²) in [5.74, 6) is -4.93. The van der Waals surface area contributed by atoms with E-state index >= 15 is 0 Å². The summed E-state index contributed by atoms with van der Waals surface area (Å²) in [5, 5.41) is -3.55. The lowest BCUT2D eigenvalue weighted by atomic mass is 9.85. The molecular weight excluding hydrogens is 623 g/mol. The molecule has 1 atom stereocenters. The van der Waals surface area contributed by atoms with Crippen LogP contribution in [0.25, 0.3) is 45.3 Å². The lowest BCUT2D eigenvalue weighted by Crippen LogP contribution is -2.77. The molecule has 0 radical (unpaired) electrons. The highest BCUT2D eigenvalue weighted by molar-refractivity contribution is 7.20. The fourth-order valence-corrected chi connectivity index (χ4v) is 10.9. The van der Waals surface area contributed by atoms with Crippen molar-refractivity contribution < 1.29 is 41.1 Å². The van der Waals surface area contributed by atoms with Gasteiger partial charge >= 0.3 is 0 Å². The van der Waals surface area contributed by atoms with E-state index in [1.807, 2.05) is 0 Å². The smallest absolute Gasteiger partial charge is 0.180 e. The van der Waals surface area contributed by atoms with E-state index in [1.54, 1.807) is 0 Å². The number of nitrogens with zero attached hydrogens (tertiary/aromatic N) is 3. The average Bonchev–Trinajstić information content (AvgIpc) is 1.94. The lowest BCUT2D eigenvalue weighted by Gasteiger charge is -2.43. The Labute approximate surface area is 334 Å². The molecule has 234 valence electrons. The number of aromatic nitrogens is 3. The fraction of sp³-hybridized carbons (Fsp3) is 0.0217. The van der Waals surface area contributed by atoms with Crippen LogP contribution in [0.4, 0.5) is 0 Å². The first kappa shape index (κ1) is 11.7. The second-order valence-corrected chi connectivity index (χ2v) is 14.4. The molecule has 1 unspecified atom stereocenters. The molecule has 2 heterocycles. The van der Waals surface area contributed by atoms with Crippen molar-refractivity contribution in [1.82, 2.24) is 15.0 Å². The van der Waals surface area contributed by atoms with Gasteiger partial charge in [0.1, 0.15) is 0 Å². The predicted molar refractivity (Wildman–Crippen MR) is 206 cm³/mol. The molecule has 1 aromatic heterocycles. The number of hydrogen-bond donors (Lipinski definition) is 0. The minimum absolute atomic E-state index is 0.528. The molecule has 1 aliphatic carbocycles. The Morgan fingerprint density at radius 2 is 0.800 bits per heavy atom. The molecule has 1 aliphatic heterocycles. The van der Waals surface area contributed by atoms with Crippen LogP contribution in [0.5, 0.6) is 0 Å². The van der Waals surface area contributed by atoms with Crippen molar-refractivity contribution in [2.24, 2.45) is 0 Å². The molecule has 50 heavy (non-hydrogen) atoms. The van der Waals surface area contributed by atoms with Gasteiger partial charge in [-0.25, -0.2) is 15.0 Å². The molecule has 0 bridgehead atoms. The van der Waals surface area contributed by atoms with Gasteiger partial charge in [-0.05, 0) is 48.6 Å². The van der Waals surface area contributed by atoms with Crippen molar-refractivity contribution in [2.75, 3.05) is 0 Å². The highest BCUT2D eigenvalue weighted by Gasteiger charge is 2.52. The maximum atomic E-state index is 10.1. The Morgan fingerprint density at radius 3 is 1.36 bits per heavy atom. The van der Waals surface area contributed by atoms with Crippen molar-refractivity contribution in [3.05, 3.63) is 198 Å². The minimum Gasteiger partial charge on any atom is -0.208 e. The Bertz CT molecular complexity index is 4010. The molecule has 0 saturated heterocycles. The molecule has 7 aromatic carbocycles. The van der Waals surface area contributed by atoms with Gasteiger partial charge in [0.15, 0.2) is 25.5 Å². The summed E-state index contributed by atoms with van der Waals surface area (Å²) in [6.45, 7) is 0. The molecule has 0 amide bonds. The van der Waals surface area contributed by atoms with Gasteiger partial charge in [0.25, 0.3) is 0 Å². The third-order valence-electron chi connectivity index (χ3n) is 8.47. The zero-order valence-electron chi connectivity index (χ0n) is 54.9. The highest BCUT2D eigenvalue weighted by Crippen LogP contribution is 2.51. The van der Waals surface area contributed by atoms with E-state index in [1.165, 1.54) is 0 Å². The van der Waals surface area contributed by atoms with Crippen molar-refractivity contribution in [3.8, 4) is 45.3 Å². The van der Waals surface area contributed by atoms with E-state index in [4.69, 9.17) is 24.7 Å². The van der Waals surface area contributed by atoms with Crippen molar-refractivity contribution in [2.45, 2.75) is 5.92 Å². The first-order valence-corrected chi connectivity index (χ1v) is 16.7. The number of fused-ring (bicyclic) bond motifs is 5. The lowest BCUT2D eigenvalue weighted by molar-refractivity contribution is 1.01. The second kappa shape index (κ2) is 11.4. The Morgan fingerprint density at radius 1 is 0.380 bits per heavy atom. The van der Waals surface area contributed by atoms with Gasteiger partial charge < -0.3 is 0 Å². The first-order valence-electron chi connectivity index (χ1n) is 29.7. The molecule has 0 fully saturated rings. The van der Waals surface area contributed by atoms with Gasteiger partial charge in [-0.15, -0.1) is 0 Å². The van der Waals surface area contributed by atoms with E-state index in [-0.39, 0.29) is 0 Å². The van der Waals surface area contributed by atoms with Crippen molar-refractivity contribution in [3.63, 3.8) is 0 Å². The Hall–Kier alpha value is -6.23. The van der Waals surface area contributed by atoms with Gasteiger partial charge in [0, 0.05) is 22.6 Å². The summed E-state index contributed by atoms with van der Waals surface area (Å²) in [5.41, 5.74) is -5.45. The van der Waals surface area contributed by atoms with E-state index in [2.05, 4.69) is 15.0 Å². The van der Waals surface area contributed by atoms with Crippen LogP contribution in [-0.4, -0.2) is 23.0 Å². The van der Waals surface area contributed by atoms with Crippen molar-refractivity contribution >= 4 is 28.8 Å². The monoisotopic (exact) mass is 683 g/mol. The maximum absolute atomic E-state index is 10.1. The third kappa shape index (κ3) is 4.19. The summed E-state index contributed by atoms with van der Waals surface area (Å²) >= 11 is 0. The first-order chi connectivity index (χ1) is 37.3. The largest absolute Gasteiger partial charge is 0.208 e. The van der Waals surface area contributed by atoms with Gasteiger partial charge in [-0.2, -0.15) is 0 Å². The molecule has 3 nitrogen and oxygen atoms in total. The standard InChI is InChI=1S/C46H31N3Si/c1-5-17-31(18-6-1)44-47-45(32-19-7-2-8-20-32)49-46(48-44)38-28-16-30-40-42(38)43-37-26-14-13-25-35(37)36-27-15-29-39(41(36)43)50(40,33-21-9-3-10-22-33)34-23-11-4-12-24-34/h1-30,43H/i1D,2D,3D,4D,5D,6D,7D,8D,9D,10D,11D,12D,13D,14D,15D,16D,17D,18D,19D,20D,21D,22D,23D,24D,25D,26D,27D,28D,29D,30D. The van der Waals surface area contributed by atoms with Crippen LogP contribution in [-0.2, 0) is 0 Å². The summed E-state index contributed by atoms with van der Waals surface area (Å²) in [6, 6.07) is -31.1.